The second-order valence-electron chi connectivity index (χ2n) is 5.43. The molecule has 3 rings (SSSR count). The van der Waals surface area contributed by atoms with Crippen LogP contribution in [0.4, 0.5) is 0 Å². The summed E-state index contributed by atoms with van der Waals surface area (Å²) in [5.74, 6) is 0.0466. The van der Waals surface area contributed by atoms with Crippen LogP contribution >= 0.6 is 0 Å². The average molecular weight is 281 g/mol. The van der Waals surface area contributed by atoms with Gasteiger partial charge in [0.2, 0.25) is 0 Å². The minimum absolute atomic E-state index is 0.0466. The van der Waals surface area contributed by atoms with Gasteiger partial charge in [-0.1, -0.05) is 30.3 Å². The van der Waals surface area contributed by atoms with Gasteiger partial charge in [0.05, 0.1) is 11.6 Å². The Hall–Kier alpha value is -2.20. The summed E-state index contributed by atoms with van der Waals surface area (Å²) in [4.78, 5) is 18.8. The zero-order valence-electron chi connectivity index (χ0n) is 12.1. The third kappa shape index (κ3) is 2.95. The van der Waals surface area contributed by atoms with E-state index in [9.17, 15) is 4.79 Å². The lowest BCUT2D eigenvalue weighted by molar-refractivity contribution is 0.0591. The first-order chi connectivity index (χ1) is 10.3. The Labute approximate surface area is 124 Å². The van der Waals surface area contributed by atoms with Gasteiger partial charge in [-0.3, -0.25) is 9.78 Å². The Kier molecular flexibility index (Phi) is 3.97. The van der Waals surface area contributed by atoms with Gasteiger partial charge in [-0.2, -0.15) is 0 Å². The van der Waals surface area contributed by atoms with Crippen LogP contribution in [0.1, 0.15) is 28.9 Å². The predicted molar refractivity (Wildman–Crippen MR) is 81.9 cm³/mol. The van der Waals surface area contributed by atoms with Crippen molar-refractivity contribution in [1.29, 1.82) is 0 Å². The quantitative estimate of drug-likeness (QED) is 0.918. The minimum Gasteiger partial charge on any atom is -0.329 e. The monoisotopic (exact) mass is 281 g/mol. The summed E-state index contributed by atoms with van der Waals surface area (Å²) in [6.45, 7) is 3.58. The highest BCUT2D eigenvalue weighted by Gasteiger charge is 2.31. The van der Waals surface area contributed by atoms with Crippen LogP contribution in [0.3, 0.4) is 0 Å². The smallest absolute Gasteiger partial charge is 0.256 e. The summed E-state index contributed by atoms with van der Waals surface area (Å²) in [6, 6.07) is 14.2. The maximum absolute atomic E-state index is 12.8. The summed E-state index contributed by atoms with van der Waals surface area (Å²) < 4.78 is 0. The minimum atomic E-state index is 0.0466. The molecule has 2 unspecified atom stereocenters. The second kappa shape index (κ2) is 6.06. The standard InChI is InChI=1S/C17H19N3O/c1-13-12-20(17(21)15-8-5-9-18-10-15)16(11-19-13)14-6-3-2-4-7-14/h2-10,13,16,19H,11-12H2,1H3. The Morgan fingerprint density at radius 2 is 2.05 bits per heavy atom. The van der Waals surface area contributed by atoms with E-state index >= 15 is 0 Å². The van der Waals surface area contributed by atoms with Gasteiger partial charge in [0.1, 0.15) is 0 Å². The molecule has 1 saturated heterocycles. The maximum atomic E-state index is 12.8. The molecule has 2 atom stereocenters. The van der Waals surface area contributed by atoms with Gasteiger partial charge in [0, 0.05) is 31.5 Å². The number of nitrogens with one attached hydrogen (secondary N) is 1. The maximum Gasteiger partial charge on any atom is 0.256 e. The molecule has 1 aliphatic heterocycles. The molecule has 0 radical (unpaired) electrons. The molecule has 0 bridgehead atoms. The fourth-order valence-electron chi connectivity index (χ4n) is 2.76. The van der Waals surface area contributed by atoms with Crippen LogP contribution in [0.2, 0.25) is 0 Å². The highest BCUT2D eigenvalue weighted by molar-refractivity contribution is 5.94. The van der Waals surface area contributed by atoms with Crippen LogP contribution in [0.15, 0.2) is 54.9 Å². The molecule has 0 saturated carbocycles. The Morgan fingerprint density at radius 1 is 1.24 bits per heavy atom. The van der Waals surface area contributed by atoms with Gasteiger partial charge in [-0.25, -0.2) is 0 Å². The molecular formula is C17H19N3O. The fourth-order valence-corrected chi connectivity index (χ4v) is 2.76. The van der Waals surface area contributed by atoms with E-state index in [1.165, 1.54) is 0 Å². The number of carbonyl (C=O) groups is 1. The molecule has 1 aliphatic rings. The molecule has 108 valence electrons. The molecule has 1 aromatic carbocycles. The topological polar surface area (TPSA) is 45.2 Å². The normalized spacial score (nSPS) is 22.0. The molecular weight excluding hydrogens is 262 g/mol. The molecule has 4 nitrogen and oxygen atoms in total. The van der Waals surface area contributed by atoms with Crippen molar-refractivity contribution in [2.45, 2.75) is 19.0 Å². The summed E-state index contributed by atoms with van der Waals surface area (Å²) >= 11 is 0. The molecule has 0 aliphatic carbocycles. The Morgan fingerprint density at radius 3 is 2.76 bits per heavy atom. The van der Waals surface area contributed by atoms with Crippen LogP contribution in [0.5, 0.6) is 0 Å². The number of amides is 1. The third-order valence-electron chi connectivity index (χ3n) is 3.86. The Bertz CT molecular complexity index is 600. The molecule has 2 heterocycles. The molecule has 1 aromatic heterocycles. The molecule has 2 aromatic rings. The van der Waals surface area contributed by atoms with E-state index in [4.69, 9.17) is 0 Å². The zero-order chi connectivity index (χ0) is 14.7. The first kappa shape index (κ1) is 13.8. The van der Waals surface area contributed by atoms with E-state index in [0.29, 0.717) is 18.2 Å². The highest BCUT2D eigenvalue weighted by atomic mass is 16.2. The zero-order valence-corrected chi connectivity index (χ0v) is 12.1. The van der Waals surface area contributed by atoms with Crippen LogP contribution in [-0.2, 0) is 0 Å². The number of benzene rings is 1. The largest absolute Gasteiger partial charge is 0.329 e. The number of piperazine rings is 1. The van der Waals surface area contributed by atoms with Crippen molar-refractivity contribution >= 4 is 5.91 Å². The lowest BCUT2D eigenvalue weighted by atomic mass is 10.0. The molecule has 1 amide bonds. The van der Waals surface area contributed by atoms with Crippen molar-refractivity contribution in [2.75, 3.05) is 13.1 Å². The highest BCUT2D eigenvalue weighted by Crippen LogP contribution is 2.25. The van der Waals surface area contributed by atoms with Crippen molar-refractivity contribution in [1.82, 2.24) is 15.2 Å². The van der Waals surface area contributed by atoms with E-state index in [-0.39, 0.29) is 11.9 Å². The number of pyridine rings is 1. The number of hydrogen-bond donors (Lipinski definition) is 1. The van der Waals surface area contributed by atoms with Crippen LogP contribution in [0, 0.1) is 0 Å². The summed E-state index contributed by atoms with van der Waals surface area (Å²) in [5, 5.41) is 3.46. The van der Waals surface area contributed by atoms with Gasteiger partial charge in [0.25, 0.3) is 5.91 Å². The molecule has 21 heavy (non-hydrogen) atoms. The van der Waals surface area contributed by atoms with Gasteiger partial charge >= 0.3 is 0 Å². The summed E-state index contributed by atoms with van der Waals surface area (Å²) in [7, 11) is 0. The van der Waals surface area contributed by atoms with Gasteiger partial charge < -0.3 is 10.2 Å². The van der Waals surface area contributed by atoms with Crippen LogP contribution in [0.25, 0.3) is 0 Å². The number of aromatic nitrogens is 1. The third-order valence-corrected chi connectivity index (χ3v) is 3.86. The fraction of sp³-hybridized carbons (Fsp3) is 0.294. The van der Waals surface area contributed by atoms with Gasteiger partial charge in [-0.15, -0.1) is 0 Å². The first-order valence-electron chi connectivity index (χ1n) is 7.25. The van der Waals surface area contributed by atoms with Crippen molar-refractivity contribution in [3.05, 3.63) is 66.0 Å². The van der Waals surface area contributed by atoms with Gasteiger partial charge in [0.15, 0.2) is 0 Å². The number of rotatable bonds is 2. The average Bonchev–Trinajstić information content (AvgIpc) is 2.56. The van der Waals surface area contributed by atoms with E-state index in [1.807, 2.05) is 29.2 Å². The molecule has 4 heteroatoms. The number of nitrogens with zero attached hydrogens (tertiary/aromatic N) is 2. The van der Waals surface area contributed by atoms with E-state index in [1.54, 1.807) is 18.5 Å². The first-order valence-corrected chi connectivity index (χ1v) is 7.25. The predicted octanol–water partition coefficient (Wildman–Crippen LogP) is 2.26. The van der Waals surface area contributed by atoms with E-state index < -0.39 is 0 Å². The summed E-state index contributed by atoms with van der Waals surface area (Å²) in [5.41, 5.74) is 1.81. The number of hydrogen-bond acceptors (Lipinski definition) is 3. The Balaban J connectivity index is 1.90. The van der Waals surface area contributed by atoms with E-state index in [2.05, 4.69) is 29.4 Å². The number of carbonyl (C=O) groups excluding carboxylic acids is 1. The van der Waals surface area contributed by atoms with Crippen molar-refractivity contribution < 1.29 is 4.79 Å². The second-order valence-corrected chi connectivity index (χ2v) is 5.43. The lowest BCUT2D eigenvalue weighted by Gasteiger charge is -2.39. The van der Waals surface area contributed by atoms with Gasteiger partial charge in [-0.05, 0) is 24.6 Å². The SMILES string of the molecule is CC1CN(C(=O)c2cccnc2)C(c2ccccc2)CN1. The summed E-state index contributed by atoms with van der Waals surface area (Å²) in [6.07, 6.45) is 3.32. The molecule has 0 spiro atoms. The molecule has 1 N–H and O–H groups in total. The van der Waals surface area contributed by atoms with Crippen molar-refractivity contribution in [2.24, 2.45) is 0 Å². The van der Waals surface area contributed by atoms with Crippen LogP contribution < -0.4 is 5.32 Å². The van der Waals surface area contributed by atoms with E-state index in [0.717, 1.165) is 12.1 Å². The van der Waals surface area contributed by atoms with Crippen molar-refractivity contribution in [3.63, 3.8) is 0 Å². The van der Waals surface area contributed by atoms with Crippen LogP contribution in [-0.4, -0.2) is 34.9 Å². The van der Waals surface area contributed by atoms with Crippen molar-refractivity contribution in [3.8, 4) is 0 Å². The molecule has 1 fully saturated rings. The lowest BCUT2D eigenvalue weighted by Crippen LogP contribution is -2.53.